The van der Waals surface area contributed by atoms with Gasteiger partial charge in [0.2, 0.25) is 0 Å². The number of aromatic nitrogens is 1. The van der Waals surface area contributed by atoms with Gasteiger partial charge >= 0.3 is 12.4 Å². The quantitative estimate of drug-likeness (QED) is 0.168. The largest absolute Gasteiger partial charge is 0.416 e. The Hall–Kier alpha value is -3.87. The molecule has 6 nitrogen and oxygen atoms in total. The third kappa shape index (κ3) is 7.30. The lowest BCUT2D eigenvalue weighted by Gasteiger charge is -2.36. The Kier molecular flexibility index (Phi) is 8.85. The number of halogens is 6. The zero-order valence-corrected chi connectivity index (χ0v) is 22.3. The summed E-state index contributed by atoms with van der Waals surface area (Å²) in [6, 6.07) is 19.2. The normalized spacial score (nSPS) is 15.0. The Balaban J connectivity index is 1.17. The molecule has 0 bridgehead atoms. The van der Waals surface area contributed by atoms with E-state index in [9.17, 15) is 26.3 Å². The van der Waals surface area contributed by atoms with Crippen molar-refractivity contribution < 1.29 is 35.9 Å². The molecule has 0 unspecified atom stereocenters. The van der Waals surface area contributed by atoms with E-state index < -0.39 is 23.5 Å². The number of fused-ring (bicyclic) bond motifs is 1. The number of nitrogens with zero attached hydrogens (tertiary/aromatic N) is 3. The van der Waals surface area contributed by atoms with Crippen LogP contribution in [0.4, 0.5) is 37.7 Å². The van der Waals surface area contributed by atoms with E-state index >= 15 is 0 Å². The smallest absolute Gasteiger partial charge is 0.369 e. The Morgan fingerprint density at radius 2 is 1.45 bits per heavy atom. The summed E-state index contributed by atoms with van der Waals surface area (Å²) in [5.41, 5.74) is 3.33. The molecule has 1 saturated heterocycles. The van der Waals surface area contributed by atoms with E-state index in [1.54, 1.807) is 18.2 Å². The second kappa shape index (κ2) is 12.6. The first-order chi connectivity index (χ1) is 20.1. The molecule has 42 heavy (non-hydrogen) atoms. The Morgan fingerprint density at radius 1 is 0.786 bits per heavy atom. The average Bonchev–Trinajstić information content (AvgIpc) is 2.98. The van der Waals surface area contributed by atoms with Crippen LogP contribution in [0.3, 0.4) is 0 Å². The zero-order valence-electron chi connectivity index (χ0n) is 22.3. The molecule has 0 amide bonds. The SMILES string of the molecule is FC(F)(F)c1ccc(N2CCN(CCO[C](ONc3ccnc4cc(C(F)(F)F)ccc34)c3ccccc3)CC2)cc1. The van der Waals surface area contributed by atoms with Crippen LogP contribution in [-0.4, -0.2) is 49.2 Å². The van der Waals surface area contributed by atoms with Crippen LogP contribution in [0.5, 0.6) is 0 Å². The molecule has 2 heterocycles. The Bertz CT molecular complexity index is 1460. The van der Waals surface area contributed by atoms with Crippen LogP contribution < -0.4 is 10.4 Å². The monoisotopic (exact) mass is 589 g/mol. The molecule has 0 atom stereocenters. The van der Waals surface area contributed by atoms with Crippen LogP contribution in [0.2, 0.25) is 0 Å². The second-order valence-corrected chi connectivity index (χ2v) is 9.67. The van der Waals surface area contributed by atoms with Gasteiger partial charge in [-0.1, -0.05) is 36.4 Å². The second-order valence-electron chi connectivity index (χ2n) is 9.67. The summed E-state index contributed by atoms with van der Waals surface area (Å²) in [6.45, 7) is 3.59. The summed E-state index contributed by atoms with van der Waals surface area (Å²) >= 11 is 0. The van der Waals surface area contributed by atoms with Crippen molar-refractivity contribution in [1.29, 1.82) is 0 Å². The third-order valence-corrected chi connectivity index (χ3v) is 6.91. The molecular weight excluding hydrogens is 562 g/mol. The van der Waals surface area contributed by atoms with E-state index in [1.807, 2.05) is 23.1 Å². The van der Waals surface area contributed by atoms with E-state index in [1.165, 1.54) is 24.4 Å². The first kappa shape index (κ1) is 29.6. The molecule has 1 aliphatic rings. The van der Waals surface area contributed by atoms with Crippen LogP contribution in [0, 0.1) is 6.29 Å². The van der Waals surface area contributed by atoms with Crippen LogP contribution in [0.15, 0.2) is 85.1 Å². The van der Waals surface area contributed by atoms with Crippen molar-refractivity contribution >= 4 is 22.3 Å². The van der Waals surface area contributed by atoms with Gasteiger partial charge in [0.25, 0.3) is 6.29 Å². The van der Waals surface area contributed by atoms with E-state index in [0.29, 0.717) is 49.4 Å². The number of benzene rings is 3. The maximum absolute atomic E-state index is 13.1. The fraction of sp³-hybridized carbons (Fsp3) is 0.267. The summed E-state index contributed by atoms with van der Waals surface area (Å²) < 4.78 is 84.0. The highest BCUT2D eigenvalue weighted by Crippen LogP contribution is 2.33. The van der Waals surface area contributed by atoms with Gasteiger partial charge in [-0.05, 0) is 42.5 Å². The lowest BCUT2D eigenvalue weighted by Crippen LogP contribution is -2.47. The molecule has 221 valence electrons. The number of hydrogen-bond donors (Lipinski definition) is 1. The van der Waals surface area contributed by atoms with E-state index in [2.05, 4.69) is 15.4 Å². The van der Waals surface area contributed by atoms with Crippen molar-refractivity contribution in [3.8, 4) is 0 Å². The highest BCUT2D eigenvalue weighted by atomic mass is 19.4. The van der Waals surface area contributed by atoms with Crippen molar-refractivity contribution in [2.45, 2.75) is 12.4 Å². The lowest BCUT2D eigenvalue weighted by atomic mass is 10.1. The number of piperazine rings is 1. The minimum absolute atomic E-state index is 0.163. The molecule has 0 saturated carbocycles. The van der Waals surface area contributed by atoms with Gasteiger partial charge in [0.1, 0.15) is 0 Å². The summed E-state index contributed by atoms with van der Waals surface area (Å²) in [4.78, 5) is 14.1. The highest BCUT2D eigenvalue weighted by Gasteiger charge is 2.31. The van der Waals surface area contributed by atoms with Gasteiger partial charge in [-0.15, -0.1) is 0 Å². The van der Waals surface area contributed by atoms with Gasteiger partial charge in [-0.3, -0.25) is 15.4 Å². The predicted molar refractivity (Wildman–Crippen MR) is 146 cm³/mol. The van der Waals surface area contributed by atoms with Gasteiger partial charge in [0.15, 0.2) is 0 Å². The number of nitrogens with one attached hydrogen (secondary N) is 1. The summed E-state index contributed by atoms with van der Waals surface area (Å²) in [7, 11) is 0. The molecule has 1 aliphatic heterocycles. The average molecular weight is 590 g/mol. The molecule has 4 aromatic rings. The molecule has 12 heteroatoms. The molecule has 1 aromatic heterocycles. The first-order valence-corrected chi connectivity index (χ1v) is 13.2. The maximum atomic E-state index is 13.1. The zero-order chi connectivity index (χ0) is 29.7. The Morgan fingerprint density at radius 3 is 2.12 bits per heavy atom. The van der Waals surface area contributed by atoms with Crippen molar-refractivity contribution in [3.63, 3.8) is 0 Å². The van der Waals surface area contributed by atoms with Crippen molar-refractivity contribution in [2.24, 2.45) is 0 Å². The van der Waals surface area contributed by atoms with Crippen molar-refractivity contribution in [3.05, 3.63) is 108 Å². The molecule has 0 spiro atoms. The number of alkyl halides is 6. The summed E-state index contributed by atoms with van der Waals surface area (Å²) in [6.07, 6.45) is -7.26. The summed E-state index contributed by atoms with van der Waals surface area (Å²) in [5, 5.41) is 0.448. The predicted octanol–water partition coefficient (Wildman–Crippen LogP) is 6.99. The highest BCUT2D eigenvalue weighted by molar-refractivity contribution is 5.91. The van der Waals surface area contributed by atoms with Gasteiger partial charge < -0.3 is 9.64 Å². The molecule has 1 fully saturated rings. The van der Waals surface area contributed by atoms with Crippen LogP contribution >= 0.6 is 0 Å². The molecular formula is C30H27F6N4O2. The van der Waals surface area contributed by atoms with Gasteiger partial charge in [-0.25, -0.2) is 4.84 Å². The number of pyridine rings is 1. The third-order valence-electron chi connectivity index (χ3n) is 6.91. The minimum atomic E-state index is -4.48. The molecule has 5 rings (SSSR count). The van der Waals surface area contributed by atoms with E-state index in [0.717, 1.165) is 30.0 Å². The number of hydrogen-bond acceptors (Lipinski definition) is 6. The van der Waals surface area contributed by atoms with Gasteiger partial charge in [0, 0.05) is 55.6 Å². The molecule has 3 aromatic carbocycles. The van der Waals surface area contributed by atoms with Crippen LogP contribution in [0.1, 0.15) is 16.7 Å². The standard InChI is InChI=1S/C30H27F6N4O2/c31-29(32,33)22-6-9-24(10-7-22)40-16-14-39(15-17-40)18-19-41-28(21-4-2-1-3-5-21)42-38-26-12-13-37-27-20-23(30(34,35)36)8-11-25(26)27/h1-13,20H,14-19H2,(H,37,38). The lowest BCUT2D eigenvalue weighted by molar-refractivity contribution is -0.138. The van der Waals surface area contributed by atoms with Crippen molar-refractivity contribution in [2.75, 3.05) is 49.7 Å². The van der Waals surface area contributed by atoms with E-state index in [-0.39, 0.29) is 18.4 Å². The minimum Gasteiger partial charge on any atom is -0.369 e. The summed E-state index contributed by atoms with van der Waals surface area (Å²) in [5.74, 6) is 0. The van der Waals surface area contributed by atoms with Crippen LogP contribution in [0.25, 0.3) is 10.9 Å². The van der Waals surface area contributed by atoms with Gasteiger partial charge in [0.05, 0.1) is 28.9 Å². The van der Waals surface area contributed by atoms with Crippen molar-refractivity contribution in [1.82, 2.24) is 9.88 Å². The molecule has 1 radical (unpaired) electrons. The number of ether oxygens (including phenoxy) is 1. The molecule has 1 N–H and O–H groups in total. The van der Waals surface area contributed by atoms with E-state index in [4.69, 9.17) is 9.57 Å². The molecule has 0 aliphatic carbocycles. The maximum Gasteiger partial charge on any atom is 0.416 e. The first-order valence-electron chi connectivity index (χ1n) is 13.2. The number of anilines is 2. The topological polar surface area (TPSA) is 49.9 Å². The van der Waals surface area contributed by atoms with Crippen LogP contribution in [-0.2, 0) is 21.9 Å². The fourth-order valence-corrected chi connectivity index (χ4v) is 4.62. The number of rotatable bonds is 9. The van der Waals surface area contributed by atoms with Gasteiger partial charge in [-0.2, -0.15) is 26.3 Å². The Labute approximate surface area is 238 Å². The fourth-order valence-electron chi connectivity index (χ4n) is 4.62.